The second-order valence-corrected chi connectivity index (χ2v) is 4.63. The molecule has 0 atom stereocenters. The molecule has 15 heavy (non-hydrogen) atoms. The molecule has 82 valence electrons. The lowest BCUT2D eigenvalue weighted by Gasteiger charge is -2.11. The van der Waals surface area contributed by atoms with Crippen LogP contribution in [0.1, 0.15) is 19.4 Å². The van der Waals surface area contributed by atoms with Gasteiger partial charge in [0.2, 0.25) is 0 Å². The van der Waals surface area contributed by atoms with Crippen LogP contribution in [0.15, 0.2) is 22.7 Å². The highest BCUT2D eigenvalue weighted by Crippen LogP contribution is 2.19. The second kappa shape index (κ2) is 5.16. The van der Waals surface area contributed by atoms with E-state index in [9.17, 15) is 4.79 Å². The molecule has 1 aromatic rings. The molecule has 0 aromatic heterocycles. The first-order valence-corrected chi connectivity index (χ1v) is 5.62. The molecule has 0 aliphatic heterocycles. The molecular formula is C11H15BrN2O. The van der Waals surface area contributed by atoms with E-state index in [1.807, 2.05) is 39.0 Å². The van der Waals surface area contributed by atoms with Crippen molar-refractivity contribution < 1.29 is 4.79 Å². The minimum atomic E-state index is -0.171. The average molecular weight is 271 g/mol. The number of hydrogen-bond donors (Lipinski definition) is 2. The summed E-state index contributed by atoms with van der Waals surface area (Å²) >= 11 is 3.37. The Hall–Kier alpha value is -1.03. The number of carbonyl (C=O) groups is 1. The highest BCUT2D eigenvalue weighted by Gasteiger charge is 2.05. The van der Waals surface area contributed by atoms with Gasteiger partial charge in [0.05, 0.1) is 0 Å². The number of carbonyl (C=O) groups excluding carboxylic acids is 1. The molecule has 2 N–H and O–H groups in total. The van der Waals surface area contributed by atoms with Gasteiger partial charge in [0.25, 0.3) is 0 Å². The highest BCUT2D eigenvalue weighted by molar-refractivity contribution is 9.10. The normalized spacial score (nSPS) is 10.2. The minimum absolute atomic E-state index is 0.140. The van der Waals surface area contributed by atoms with E-state index in [0.29, 0.717) is 0 Å². The van der Waals surface area contributed by atoms with Crippen LogP contribution in [0.2, 0.25) is 0 Å². The van der Waals surface area contributed by atoms with Gasteiger partial charge < -0.3 is 10.6 Å². The zero-order chi connectivity index (χ0) is 11.4. The first-order valence-electron chi connectivity index (χ1n) is 4.82. The highest BCUT2D eigenvalue weighted by atomic mass is 79.9. The van der Waals surface area contributed by atoms with Gasteiger partial charge in [-0.1, -0.05) is 15.9 Å². The summed E-state index contributed by atoms with van der Waals surface area (Å²) in [5.41, 5.74) is 1.86. The van der Waals surface area contributed by atoms with Gasteiger partial charge in [-0.15, -0.1) is 0 Å². The number of rotatable bonds is 2. The molecule has 1 rings (SSSR count). The third kappa shape index (κ3) is 3.91. The molecule has 0 radical (unpaired) electrons. The van der Waals surface area contributed by atoms with Crippen molar-refractivity contribution >= 4 is 27.6 Å². The number of nitrogens with one attached hydrogen (secondary N) is 2. The number of aryl methyl sites for hydroxylation is 1. The lowest BCUT2D eigenvalue weighted by atomic mass is 10.2. The fourth-order valence-corrected chi connectivity index (χ4v) is 1.66. The Morgan fingerprint density at radius 3 is 2.60 bits per heavy atom. The summed E-state index contributed by atoms with van der Waals surface area (Å²) in [6.45, 7) is 5.80. The quantitative estimate of drug-likeness (QED) is 0.851. The Morgan fingerprint density at radius 1 is 1.40 bits per heavy atom. The summed E-state index contributed by atoms with van der Waals surface area (Å²) in [5, 5.41) is 5.57. The molecular weight excluding hydrogens is 256 g/mol. The summed E-state index contributed by atoms with van der Waals surface area (Å²) < 4.78 is 1.01. The van der Waals surface area contributed by atoms with Crippen LogP contribution >= 0.6 is 15.9 Å². The van der Waals surface area contributed by atoms with Gasteiger partial charge in [0.15, 0.2) is 0 Å². The molecule has 4 heteroatoms. The summed E-state index contributed by atoms with van der Waals surface area (Å²) in [6, 6.07) is 5.71. The number of halogens is 1. The predicted octanol–water partition coefficient (Wildman–Crippen LogP) is 3.29. The number of urea groups is 1. The van der Waals surface area contributed by atoms with Crippen LogP contribution in [0.25, 0.3) is 0 Å². The fourth-order valence-electron chi connectivity index (χ4n) is 1.19. The summed E-state index contributed by atoms with van der Waals surface area (Å²) in [5.74, 6) is 0. The van der Waals surface area contributed by atoms with Gasteiger partial charge in [-0.05, 0) is 44.5 Å². The van der Waals surface area contributed by atoms with E-state index in [4.69, 9.17) is 0 Å². The zero-order valence-electron chi connectivity index (χ0n) is 9.10. The molecule has 0 spiro atoms. The summed E-state index contributed by atoms with van der Waals surface area (Å²) in [6.07, 6.45) is 0. The summed E-state index contributed by atoms with van der Waals surface area (Å²) in [7, 11) is 0. The SMILES string of the molecule is Cc1cc(Br)ccc1NC(=O)NC(C)C. The maximum atomic E-state index is 11.4. The summed E-state index contributed by atoms with van der Waals surface area (Å²) in [4.78, 5) is 11.4. The Morgan fingerprint density at radius 2 is 2.07 bits per heavy atom. The third-order valence-electron chi connectivity index (χ3n) is 1.86. The van der Waals surface area contributed by atoms with Crippen molar-refractivity contribution in [2.75, 3.05) is 5.32 Å². The van der Waals surface area contributed by atoms with Crippen LogP contribution in [0, 0.1) is 6.92 Å². The van der Waals surface area contributed by atoms with Crippen LogP contribution < -0.4 is 10.6 Å². The molecule has 0 fully saturated rings. The molecule has 2 amide bonds. The van der Waals surface area contributed by atoms with Crippen molar-refractivity contribution in [2.45, 2.75) is 26.8 Å². The van der Waals surface area contributed by atoms with Gasteiger partial charge in [-0.2, -0.15) is 0 Å². The van der Waals surface area contributed by atoms with E-state index >= 15 is 0 Å². The monoisotopic (exact) mass is 270 g/mol. The van der Waals surface area contributed by atoms with E-state index < -0.39 is 0 Å². The largest absolute Gasteiger partial charge is 0.336 e. The van der Waals surface area contributed by atoms with Crippen LogP contribution in [-0.2, 0) is 0 Å². The van der Waals surface area contributed by atoms with E-state index in [1.54, 1.807) is 0 Å². The van der Waals surface area contributed by atoms with E-state index in [2.05, 4.69) is 26.6 Å². The number of benzene rings is 1. The maximum Gasteiger partial charge on any atom is 0.319 e. The molecule has 0 bridgehead atoms. The maximum absolute atomic E-state index is 11.4. The van der Waals surface area contributed by atoms with Gasteiger partial charge in [0, 0.05) is 16.2 Å². The van der Waals surface area contributed by atoms with Crippen molar-refractivity contribution in [3.8, 4) is 0 Å². The van der Waals surface area contributed by atoms with E-state index in [1.165, 1.54) is 0 Å². The topological polar surface area (TPSA) is 41.1 Å². The predicted molar refractivity (Wildman–Crippen MR) is 66.2 cm³/mol. The number of amides is 2. The van der Waals surface area contributed by atoms with Crippen molar-refractivity contribution in [2.24, 2.45) is 0 Å². The molecule has 0 heterocycles. The third-order valence-corrected chi connectivity index (χ3v) is 2.35. The zero-order valence-corrected chi connectivity index (χ0v) is 10.7. The Bertz CT molecular complexity index is 364. The van der Waals surface area contributed by atoms with Crippen LogP contribution in [0.5, 0.6) is 0 Å². The van der Waals surface area contributed by atoms with Crippen molar-refractivity contribution in [1.29, 1.82) is 0 Å². The molecule has 0 saturated heterocycles. The fraction of sp³-hybridized carbons (Fsp3) is 0.364. The van der Waals surface area contributed by atoms with Crippen molar-refractivity contribution in [1.82, 2.24) is 5.32 Å². The van der Waals surface area contributed by atoms with Crippen LogP contribution in [-0.4, -0.2) is 12.1 Å². The Kier molecular flexibility index (Phi) is 4.15. The first kappa shape index (κ1) is 12.0. The van der Waals surface area contributed by atoms with Crippen LogP contribution in [0.4, 0.5) is 10.5 Å². The van der Waals surface area contributed by atoms with E-state index in [0.717, 1.165) is 15.7 Å². The molecule has 0 aliphatic rings. The molecule has 0 saturated carbocycles. The van der Waals surface area contributed by atoms with Crippen molar-refractivity contribution in [3.05, 3.63) is 28.2 Å². The number of anilines is 1. The Balaban J connectivity index is 2.68. The first-order chi connectivity index (χ1) is 6.99. The molecule has 3 nitrogen and oxygen atoms in total. The molecule has 0 aliphatic carbocycles. The van der Waals surface area contributed by atoms with Gasteiger partial charge in [0.1, 0.15) is 0 Å². The van der Waals surface area contributed by atoms with Gasteiger partial charge in [-0.25, -0.2) is 4.79 Å². The standard InChI is InChI=1S/C11H15BrN2O/c1-7(2)13-11(15)14-10-5-4-9(12)6-8(10)3/h4-7H,1-3H3,(H2,13,14,15). The molecule has 0 unspecified atom stereocenters. The lowest BCUT2D eigenvalue weighted by Crippen LogP contribution is -2.34. The molecule has 1 aromatic carbocycles. The number of hydrogen-bond acceptors (Lipinski definition) is 1. The Labute approximate surface area is 98.4 Å². The average Bonchev–Trinajstić information content (AvgIpc) is 2.08. The van der Waals surface area contributed by atoms with Crippen LogP contribution in [0.3, 0.4) is 0 Å². The lowest BCUT2D eigenvalue weighted by molar-refractivity contribution is 0.250. The smallest absolute Gasteiger partial charge is 0.319 e. The van der Waals surface area contributed by atoms with E-state index in [-0.39, 0.29) is 12.1 Å². The minimum Gasteiger partial charge on any atom is -0.336 e. The van der Waals surface area contributed by atoms with Gasteiger partial charge in [-0.3, -0.25) is 0 Å². The van der Waals surface area contributed by atoms with Crippen molar-refractivity contribution in [3.63, 3.8) is 0 Å². The van der Waals surface area contributed by atoms with Gasteiger partial charge >= 0.3 is 6.03 Å². The second-order valence-electron chi connectivity index (χ2n) is 3.71.